The number of hydrogen-bond donors (Lipinski definition) is 1. The van der Waals surface area contributed by atoms with E-state index in [0.717, 1.165) is 27.1 Å². The number of azo groups is 1. The number of aryl methyl sites for hydroxylation is 3. The van der Waals surface area contributed by atoms with E-state index in [-0.39, 0.29) is 23.7 Å². The van der Waals surface area contributed by atoms with Crippen LogP contribution in [-0.2, 0) is 17.9 Å². The second-order valence-corrected chi connectivity index (χ2v) is 9.70. The van der Waals surface area contributed by atoms with Crippen molar-refractivity contribution in [3.05, 3.63) is 86.8 Å². The molecule has 3 heterocycles. The minimum Gasteiger partial charge on any atom is -0.493 e. The number of nitrogens with zero attached hydrogens (tertiary/aromatic N) is 5. The highest BCUT2D eigenvalue weighted by molar-refractivity contribution is 7.18. The van der Waals surface area contributed by atoms with Crippen molar-refractivity contribution < 1.29 is 9.90 Å². The molecule has 8 nitrogen and oxygen atoms in total. The van der Waals surface area contributed by atoms with Crippen LogP contribution in [0.2, 0.25) is 0 Å². The number of amides is 1. The zero-order chi connectivity index (χ0) is 24.7. The van der Waals surface area contributed by atoms with Crippen LogP contribution < -0.4 is 5.56 Å². The Labute approximate surface area is 204 Å². The third-order valence-electron chi connectivity index (χ3n) is 6.10. The van der Waals surface area contributed by atoms with Crippen LogP contribution in [0.5, 0.6) is 5.88 Å². The first kappa shape index (κ1) is 22.7. The average molecular weight is 486 g/mol. The van der Waals surface area contributed by atoms with Gasteiger partial charge in [0.2, 0.25) is 5.88 Å². The molecule has 2 aromatic carbocycles. The van der Waals surface area contributed by atoms with E-state index in [4.69, 9.17) is 0 Å². The van der Waals surface area contributed by atoms with Gasteiger partial charge in [0.15, 0.2) is 5.69 Å². The molecule has 0 saturated heterocycles. The highest BCUT2D eigenvalue weighted by Gasteiger charge is 2.18. The van der Waals surface area contributed by atoms with Crippen LogP contribution in [0.25, 0.3) is 21.1 Å². The van der Waals surface area contributed by atoms with Crippen LogP contribution in [0.1, 0.15) is 21.6 Å². The number of para-hydroxylation sites is 1. The van der Waals surface area contributed by atoms with Crippen LogP contribution in [-0.4, -0.2) is 25.1 Å². The first-order valence-electron chi connectivity index (χ1n) is 11.1. The molecule has 3 aromatic heterocycles. The van der Waals surface area contributed by atoms with E-state index >= 15 is 0 Å². The molecule has 0 spiro atoms. The number of rotatable bonds is 5. The zero-order valence-corrected chi connectivity index (χ0v) is 20.3. The molecule has 5 rings (SSSR count). The monoisotopic (exact) mass is 485 g/mol. The van der Waals surface area contributed by atoms with Crippen molar-refractivity contribution in [2.24, 2.45) is 10.2 Å². The van der Waals surface area contributed by atoms with Gasteiger partial charge in [-0.15, -0.1) is 21.6 Å². The van der Waals surface area contributed by atoms with E-state index in [1.54, 1.807) is 4.57 Å². The molecule has 0 aliphatic rings. The van der Waals surface area contributed by atoms with Gasteiger partial charge in [0.05, 0.1) is 23.8 Å². The van der Waals surface area contributed by atoms with Crippen molar-refractivity contribution in [2.75, 3.05) is 0 Å². The summed E-state index contributed by atoms with van der Waals surface area (Å²) < 4.78 is 2.98. The van der Waals surface area contributed by atoms with E-state index in [1.165, 1.54) is 22.2 Å². The summed E-state index contributed by atoms with van der Waals surface area (Å²) in [6.45, 7) is 5.98. The predicted octanol–water partition coefficient (Wildman–Crippen LogP) is 5.40. The van der Waals surface area contributed by atoms with Gasteiger partial charge in [0, 0.05) is 10.3 Å². The Hall–Kier alpha value is -4.11. The van der Waals surface area contributed by atoms with Crippen molar-refractivity contribution >= 4 is 44.1 Å². The molecular weight excluding hydrogens is 462 g/mol. The number of fused-ring (bicyclic) bond motifs is 2. The number of benzene rings is 2. The molecule has 1 N–H and O–H groups in total. The molecule has 0 radical (unpaired) electrons. The Morgan fingerprint density at radius 1 is 1.09 bits per heavy atom. The maximum Gasteiger partial charge on any atom is 0.284 e. The smallest absolute Gasteiger partial charge is 0.284 e. The number of aromatic hydroxyl groups is 1. The molecule has 0 aliphatic heterocycles. The average Bonchev–Trinajstić information content (AvgIpc) is 3.28. The summed E-state index contributed by atoms with van der Waals surface area (Å²) >= 11 is 1.45. The first-order chi connectivity index (χ1) is 16.8. The predicted molar refractivity (Wildman–Crippen MR) is 137 cm³/mol. The lowest BCUT2D eigenvalue weighted by Gasteiger charge is -2.07. The third kappa shape index (κ3) is 4.15. The van der Waals surface area contributed by atoms with E-state index in [2.05, 4.69) is 15.2 Å². The maximum absolute atomic E-state index is 12.9. The van der Waals surface area contributed by atoms with Crippen molar-refractivity contribution in [3.63, 3.8) is 0 Å². The van der Waals surface area contributed by atoms with E-state index in [1.807, 2.05) is 69.3 Å². The SMILES string of the molecule is Cc1ccc(Cn2c(O)c(N=NC(=O)Cn3cnc4sc(C)c(C)c4c3=O)c3ccccc32)cc1. The minimum atomic E-state index is -0.618. The molecular formula is C26H23N5O3S. The number of hydrogen-bond acceptors (Lipinski definition) is 6. The van der Waals surface area contributed by atoms with E-state index in [0.29, 0.717) is 22.1 Å². The highest BCUT2D eigenvalue weighted by atomic mass is 32.1. The van der Waals surface area contributed by atoms with Crippen LogP contribution >= 0.6 is 11.3 Å². The fraction of sp³-hybridized carbons (Fsp3) is 0.192. The molecule has 1 amide bonds. The summed E-state index contributed by atoms with van der Waals surface area (Å²) in [5, 5.41) is 20.1. The van der Waals surface area contributed by atoms with Crippen molar-refractivity contribution in [1.29, 1.82) is 0 Å². The summed E-state index contributed by atoms with van der Waals surface area (Å²) in [6.07, 6.45) is 1.36. The highest BCUT2D eigenvalue weighted by Crippen LogP contribution is 2.39. The standard InChI is InChI=1S/C26H23N5O3S/c1-15-8-10-18(11-9-15)12-31-20-7-5-4-6-19(20)23(26(31)34)29-28-21(32)13-30-14-27-24-22(25(30)33)16(2)17(3)35-24/h4-11,14,34H,12-13H2,1-3H3. The molecule has 0 unspecified atom stereocenters. The van der Waals surface area contributed by atoms with Crippen LogP contribution in [0.3, 0.4) is 0 Å². The van der Waals surface area contributed by atoms with Gasteiger partial charge in [0.1, 0.15) is 11.4 Å². The lowest BCUT2D eigenvalue weighted by molar-refractivity contribution is -0.118. The summed E-state index contributed by atoms with van der Waals surface area (Å²) in [7, 11) is 0. The zero-order valence-electron chi connectivity index (χ0n) is 19.5. The second-order valence-electron chi connectivity index (χ2n) is 8.50. The third-order valence-corrected chi connectivity index (χ3v) is 7.22. The largest absolute Gasteiger partial charge is 0.493 e. The van der Waals surface area contributed by atoms with Crippen LogP contribution in [0.15, 0.2) is 69.9 Å². The van der Waals surface area contributed by atoms with Gasteiger partial charge in [-0.3, -0.25) is 14.2 Å². The molecule has 0 fully saturated rings. The number of carbonyl (C=O) groups excluding carboxylic acids is 1. The number of carbonyl (C=O) groups is 1. The Bertz CT molecular complexity index is 1680. The molecule has 0 aliphatic carbocycles. The molecule has 5 aromatic rings. The molecule has 176 valence electrons. The first-order valence-corrected chi connectivity index (χ1v) is 11.9. The van der Waals surface area contributed by atoms with Gasteiger partial charge < -0.3 is 9.67 Å². The topological polar surface area (TPSA) is 102 Å². The molecule has 35 heavy (non-hydrogen) atoms. The minimum absolute atomic E-state index is 0.0760. The summed E-state index contributed by atoms with van der Waals surface area (Å²) in [4.78, 5) is 31.5. The van der Waals surface area contributed by atoms with E-state index in [9.17, 15) is 14.7 Å². The van der Waals surface area contributed by atoms with Crippen molar-refractivity contribution in [2.45, 2.75) is 33.9 Å². The van der Waals surface area contributed by atoms with Gasteiger partial charge in [-0.05, 0) is 38.0 Å². The van der Waals surface area contributed by atoms with Crippen LogP contribution in [0, 0.1) is 20.8 Å². The molecule has 0 bridgehead atoms. The normalized spacial score (nSPS) is 11.7. The van der Waals surface area contributed by atoms with Gasteiger partial charge in [-0.25, -0.2) is 4.98 Å². The van der Waals surface area contributed by atoms with Gasteiger partial charge in [-0.1, -0.05) is 48.0 Å². The molecule has 0 atom stereocenters. The number of thiophene rings is 1. The van der Waals surface area contributed by atoms with Gasteiger partial charge in [-0.2, -0.15) is 0 Å². The van der Waals surface area contributed by atoms with Crippen LogP contribution in [0.4, 0.5) is 5.69 Å². The second kappa shape index (κ2) is 8.92. The number of aromatic nitrogens is 3. The van der Waals surface area contributed by atoms with Crippen molar-refractivity contribution in [1.82, 2.24) is 14.1 Å². The van der Waals surface area contributed by atoms with Crippen molar-refractivity contribution in [3.8, 4) is 5.88 Å². The fourth-order valence-electron chi connectivity index (χ4n) is 4.07. The summed E-state index contributed by atoms with van der Waals surface area (Å²) in [5.41, 5.74) is 3.76. The molecule has 9 heteroatoms. The Morgan fingerprint density at radius 2 is 1.83 bits per heavy atom. The maximum atomic E-state index is 12.9. The lowest BCUT2D eigenvalue weighted by Crippen LogP contribution is -2.23. The lowest BCUT2D eigenvalue weighted by atomic mass is 10.1. The Kier molecular flexibility index (Phi) is 5.78. The summed E-state index contributed by atoms with van der Waals surface area (Å²) in [5.74, 6) is -0.694. The van der Waals surface area contributed by atoms with Gasteiger partial charge >= 0.3 is 0 Å². The molecule has 0 saturated carbocycles. The fourth-order valence-corrected chi connectivity index (χ4v) is 5.06. The Balaban J connectivity index is 1.45. The Morgan fingerprint density at radius 3 is 2.60 bits per heavy atom. The van der Waals surface area contributed by atoms with Gasteiger partial charge in [0.25, 0.3) is 11.5 Å². The summed E-state index contributed by atoms with van der Waals surface area (Å²) in [6, 6.07) is 15.5. The quantitative estimate of drug-likeness (QED) is 0.337. The van der Waals surface area contributed by atoms with E-state index < -0.39 is 5.91 Å².